The van der Waals surface area contributed by atoms with Gasteiger partial charge in [-0.15, -0.1) is 0 Å². The molecule has 33 heavy (non-hydrogen) atoms. The highest BCUT2D eigenvalue weighted by Gasteiger charge is 2.22. The van der Waals surface area contributed by atoms with E-state index in [1.165, 1.54) is 0 Å². The lowest BCUT2D eigenvalue weighted by atomic mass is 10.0. The van der Waals surface area contributed by atoms with Gasteiger partial charge in [-0.2, -0.15) is 0 Å². The van der Waals surface area contributed by atoms with Gasteiger partial charge in [0.1, 0.15) is 0 Å². The molecule has 166 valence electrons. The van der Waals surface area contributed by atoms with Crippen LogP contribution in [0.25, 0.3) is 22.2 Å². The Kier molecular flexibility index (Phi) is 6.36. The zero-order valence-electron chi connectivity index (χ0n) is 18.6. The van der Waals surface area contributed by atoms with Crippen LogP contribution in [0.2, 0.25) is 0 Å². The van der Waals surface area contributed by atoms with E-state index in [1.54, 1.807) is 69.7 Å². The van der Waals surface area contributed by atoms with Gasteiger partial charge in [0, 0.05) is 16.5 Å². The van der Waals surface area contributed by atoms with Crippen molar-refractivity contribution in [3.05, 3.63) is 90.0 Å². The fourth-order valence-electron chi connectivity index (χ4n) is 3.60. The number of hydrogen-bond donors (Lipinski definition) is 0. The predicted molar refractivity (Wildman–Crippen MR) is 126 cm³/mol. The molecule has 0 unspecified atom stereocenters. The Hall–Kier alpha value is -4.19. The van der Waals surface area contributed by atoms with Crippen LogP contribution in [0.5, 0.6) is 11.5 Å². The van der Waals surface area contributed by atoms with E-state index in [0.717, 1.165) is 5.56 Å². The van der Waals surface area contributed by atoms with E-state index < -0.39 is 12.1 Å². The van der Waals surface area contributed by atoms with Crippen molar-refractivity contribution in [2.75, 3.05) is 14.2 Å². The largest absolute Gasteiger partial charge is 0.493 e. The fourth-order valence-corrected chi connectivity index (χ4v) is 3.60. The molecule has 0 N–H and O–H groups in total. The highest BCUT2D eigenvalue weighted by Crippen LogP contribution is 2.33. The van der Waals surface area contributed by atoms with E-state index in [-0.39, 0.29) is 5.78 Å². The molecule has 4 aromatic rings. The molecule has 1 atom stereocenters. The summed E-state index contributed by atoms with van der Waals surface area (Å²) in [6.07, 6.45) is -0.934. The molecule has 3 aromatic carbocycles. The highest BCUT2D eigenvalue weighted by molar-refractivity contribution is 6.06. The Morgan fingerprint density at radius 1 is 0.818 bits per heavy atom. The van der Waals surface area contributed by atoms with E-state index in [4.69, 9.17) is 19.2 Å². The van der Waals surface area contributed by atoms with Gasteiger partial charge in [-0.1, -0.05) is 48.5 Å². The maximum atomic E-state index is 13.2. The third-order valence-corrected chi connectivity index (χ3v) is 5.33. The number of nitrogens with zero attached hydrogens (tertiary/aromatic N) is 1. The van der Waals surface area contributed by atoms with Gasteiger partial charge in [-0.25, -0.2) is 9.78 Å². The Labute approximate surface area is 191 Å². The molecule has 0 amide bonds. The lowest BCUT2D eigenvalue weighted by Gasteiger charge is -2.15. The summed E-state index contributed by atoms with van der Waals surface area (Å²) < 4.78 is 16.3. The lowest BCUT2D eigenvalue weighted by molar-refractivity contribution is 0.0320. The second-order valence-corrected chi connectivity index (χ2v) is 7.42. The van der Waals surface area contributed by atoms with Crippen molar-refractivity contribution in [3.8, 4) is 22.8 Å². The number of hydrogen-bond acceptors (Lipinski definition) is 6. The minimum absolute atomic E-state index is 0.262. The minimum Gasteiger partial charge on any atom is -0.493 e. The van der Waals surface area contributed by atoms with Crippen LogP contribution >= 0.6 is 0 Å². The lowest BCUT2D eigenvalue weighted by Crippen LogP contribution is -2.24. The molecular weight excluding hydrogens is 418 g/mol. The summed E-state index contributed by atoms with van der Waals surface area (Å²) in [5.74, 6) is 0.292. The molecule has 4 rings (SSSR count). The number of Topliss-reactive ketones (excluding diaryl/α,β-unsaturated/α-hetero) is 1. The van der Waals surface area contributed by atoms with Crippen molar-refractivity contribution in [1.82, 2.24) is 4.98 Å². The smallest absolute Gasteiger partial charge is 0.339 e. The van der Waals surface area contributed by atoms with Crippen molar-refractivity contribution in [2.24, 2.45) is 0 Å². The number of carbonyl (C=O) groups excluding carboxylic acids is 2. The van der Waals surface area contributed by atoms with Crippen molar-refractivity contribution in [1.29, 1.82) is 0 Å². The van der Waals surface area contributed by atoms with Gasteiger partial charge in [-0.05, 0) is 37.3 Å². The van der Waals surface area contributed by atoms with E-state index in [1.807, 2.05) is 30.3 Å². The molecule has 0 radical (unpaired) electrons. The summed E-state index contributed by atoms with van der Waals surface area (Å²) >= 11 is 0. The molecule has 0 fully saturated rings. The number of ketones is 1. The molecule has 0 bridgehead atoms. The molecular formula is C27H23NO5. The van der Waals surface area contributed by atoms with Crippen LogP contribution in [0.1, 0.15) is 27.6 Å². The second kappa shape index (κ2) is 9.53. The number of methoxy groups -OCH3 is 2. The Balaban J connectivity index is 1.71. The van der Waals surface area contributed by atoms with Crippen LogP contribution in [0, 0.1) is 0 Å². The van der Waals surface area contributed by atoms with Gasteiger partial charge in [0.05, 0.1) is 31.0 Å². The maximum absolute atomic E-state index is 13.2. The number of ether oxygens (including phenoxy) is 3. The molecule has 0 aliphatic rings. The molecule has 0 saturated heterocycles. The minimum atomic E-state index is -0.934. The summed E-state index contributed by atoms with van der Waals surface area (Å²) in [4.78, 5) is 30.6. The van der Waals surface area contributed by atoms with Crippen LogP contribution in [0.3, 0.4) is 0 Å². The van der Waals surface area contributed by atoms with E-state index in [0.29, 0.717) is 39.2 Å². The molecule has 0 saturated carbocycles. The van der Waals surface area contributed by atoms with E-state index >= 15 is 0 Å². The average Bonchev–Trinajstić information content (AvgIpc) is 2.87. The normalized spacial score (nSPS) is 11.6. The molecule has 1 aromatic heterocycles. The highest BCUT2D eigenvalue weighted by atomic mass is 16.5. The fraction of sp³-hybridized carbons (Fsp3) is 0.148. The first-order chi connectivity index (χ1) is 16.0. The van der Waals surface area contributed by atoms with Crippen molar-refractivity contribution in [3.63, 3.8) is 0 Å². The van der Waals surface area contributed by atoms with Crippen LogP contribution < -0.4 is 9.47 Å². The number of esters is 1. The molecule has 0 aliphatic heterocycles. The third kappa shape index (κ3) is 4.55. The number of carbonyl (C=O) groups is 2. The van der Waals surface area contributed by atoms with Crippen LogP contribution in [-0.4, -0.2) is 37.1 Å². The van der Waals surface area contributed by atoms with Gasteiger partial charge >= 0.3 is 5.97 Å². The zero-order chi connectivity index (χ0) is 23.4. The van der Waals surface area contributed by atoms with Crippen molar-refractivity contribution >= 4 is 22.7 Å². The van der Waals surface area contributed by atoms with Crippen LogP contribution in [-0.2, 0) is 4.74 Å². The topological polar surface area (TPSA) is 74.7 Å². The Morgan fingerprint density at radius 2 is 1.52 bits per heavy atom. The molecule has 6 heteroatoms. The first-order valence-electron chi connectivity index (χ1n) is 10.4. The zero-order valence-corrected chi connectivity index (χ0v) is 18.6. The number of aromatic nitrogens is 1. The first-order valence-corrected chi connectivity index (χ1v) is 10.4. The van der Waals surface area contributed by atoms with E-state index in [2.05, 4.69) is 0 Å². The predicted octanol–water partition coefficient (Wildman–Crippen LogP) is 5.35. The molecule has 6 nitrogen and oxygen atoms in total. The third-order valence-electron chi connectivity index (χ3n) is 5.33. The summed E-state index contributed by atoms with van der Waals surface area (Å²) in [5.41, 5.74) is 2.78. The average molecular weight is 441 g/mol. The van der Waals surface area contributed by atoms with Gasteiger partial charge in [0.15, 0.2) is 17.6 Å². The molecule has 0 aliphatic carbocycles. The Bertz CT molecular complexity index is 1320. The number of rotatable bonds is 7. The van der Waals surface area contributed by atoms with Gasteiger partial charge in [0.25, 0.3) is 0 Å². The van der Waals surface area contributed by atoms with Crippen molar-refractivity contribution in [2.45, 2.75) is 13.0 Å². The van der Waals surface area contributed by atoms with Crippen molar-refractivity contribution < 1.29 is 23.8 Å². The molecule has 0 spiro atoms. The van der Waals surface area contributed by atoms with Gasteiger partial charge in [0.2, 0.25) is 5.78 Å². The number of pyridine rings is 1. The standard InChI is InChI=1S/C27H23NO5/c1-17(26(29)18-9-5-4-6-10-18)33-27(30)21-16-23(28-22-12-8-7-11-20(21)22)19-13-14-24(31-2)25(15-19)32-3/h4-17H,1-3H3/t17-/m1/s1. The number of fused-ring (bicyclic) bond motifs is 1. The number of benzene rings is 3. The first kappa shape index (κ1) is 22.0. The monoisotopic (exact) mass is 441 g/mol. The Morgan fingerprint density at radius 3 is 2.24 bits per heavy atom. The molecule has 1 heterocycles. The van der Waals surface area contributed by atoms with Gasteiger partial charge < -0.3 is 14.2 Å². The van der Waals surface area contributed by atoms with Crippen LogP contribution in [0.15, 0.2) is 78.9 Å². The van der Waals surface area contributed by atoms with Gasteiger partial charge in [-0.3, -0.25) is 4.79 Å². The second-order valence-electron chi connectivity index (χ2n) is 7.42. The quantitative estimate of drug-likeness (QED) is 0.284. The van der Waals surface area contributed by atoms with E-state index in [9.17, 15) is 9.59 Å². The summed E-state index contributed by atoms with van der Waals surface area (Å²) in [7, 11) is 3.13. The SMILES string of the molecule is COc1ccc(-c2cc(C(=O)O[C@H](C)C(=O)c3ccccc3)c3ccccc3n2)cc1OC. The van der Waals surface area contributed by atoms with Crippen LogP contribution in [0.4, 0.5) is 0 Å². The number of para-hydroxylation sites is 1. The summed E-state index contributed by atoms with van der Waals surface area (Å²) in [6.45, 7) is 1.58. The summed E-state index contributed by atoms with van der Waals surface area (Å²) in [6, 6.07) is 23.2. The summed E-state index contributed by atoms with van der Waals surface area (Å²) in [5, 5.41) is 0.645. The maximum Gasteiger partial charge on any atom is 0.339 e.